The van der Waals surface area contributed by atoms with E-state index in [1.165, 1.54) is 0 Å². The Kier molecular flexibility index (Phi) is 4.12. The Morgan fingerprint density at radius 3 is 2.59 bits per heavy atom. The maximum Gasteiger partial charge on any atom is 0.116 e. The molecule has 2 rings (SSSR count). The summed E-state index contributed by atoms with van der Waals surface area (Å²) in [5, 5.41) is 9.30. The van der Waals surface area contributed by atoms with E-state index in [1.807, 2.05) is 42.5 Å². The Morgan fingerprint density at radius 1 is 1.00 bits per heavy atom. The van der Waals surface area contributed by atoms with Gasteiger partial charge in [0.25, 0.3) is 0 Å². The molecule has 0 atom stereocenters. The van der Waals surface area contributed by atoms with E-state index in [4.69, 9.17) is 0 Å². The topological polar surface area (TPSA) is 20.2 Å². The standard InChI is InChI=1S/C15H12OS/c16-14-9-4-10-15(12-14)17-11-5-8-13-6-2-1-3-7-13/h1-4,6-7,9-10,12,16H,11H2. The number of phenolic OH excluding ortho intramolecular Hbond substituents is 1. The minimum Gasteiger partial charge on any atom is -0.508 e. The van der Waals surface area contributed by atoms with Crippen LogP contribution in [0.2, 0.25) is 0 Å². The lowest BCUT2D eigenvalue weighted by molar-refractivity contribution is 0.474. The highest BCUT2D eigenvalue weighted by molar-refractivity contribution is 7.99. The minimum atomic E-state index is 0.297. The van der Waals surface area contributed by atoms with Crippen LogP contribution in [0, 0.1) is 11.8 Å². The number of hydrogen-bond acceptors (Lipinski definition) is 2. The Balaban J connectivity index is 1.90. The lowest BCUT2D eigenvalue weighted by Crippen LogP contribution is -1.76. The van der Waals surface area contributed by atoms with Crippen LogP contribution in [0.25, 0.3) is 0 Å². The van der Waals surface area contributed by atoms with Crippen LogP contribution >= 0.6 is 11.8 Å². The van der Waals surface area contributed by atoms with E-state index in [1.54, 1.807) is 23.9 Å². The average molecular weight is 240 g/mol. The molecule has 0 amide bonds. The maximum absolute atomic E-state index is 9.30. The predicted molar refractivity (Wildman–Crippen MR) is 72.2 cm³/mol. The van der Waals surface area contributed by atoms with Crippen molar-refractivity contribution in [2.45, 2.75) is 4.90 Å². The lowest BCUT2D eigenvalue weighted by atomic mass is 10.2. The summed E-state index contributed by atoms with van der Waals surface area (Å²) in [6, 6.07) is 17.1. The second-order valence-electron chi connectivity index (χ2n) is 3.45. The van der Waals surface area contributed by atoms with E-state index in [0.717, 1.165) is 16.2 Å². The van der Waals surface area contributed by atoms with Gasteiger partial charge in [-0.25, -0.2) is 0 Å². The molecule has 0 radical (unpaired) electrons. The Labute approximate surface area is 105 Å². The van der Waals surface area contributed by atoms with Crippen molar-refractivity contribution in [2.24, 2.45) is 0 Å². The van der Waals surface area contributed by atoms with Crippen molar-refractivity contribution in [3.8, 4) is 17.6 Å². The van der Waals surface area contributed by atoms with Crippen molar-refractivity contribution < 1.29 is 5.11 Å². The maximum atomic E-state index is 9.30. The predicted octanol–water partition coefficient (Wildman–Crippen LogP) is 3.54. The van der Waals surface area contributed by atoms with Gasteiger partial charge in [-0.05, 0) is 30.3 Å². The van der Waals surface area contributed by atoms with Crippen molar-refractivity contribution in [3.63, 3.8) is 0 Å². The zero-order chi connectivity index (χ0) is 11.9. The van der Waals surface area contributed by atoms with Gasteiger partial charge in [0.2, 0.25) is 0 Å². The average Bonchev–Trinajstić information content (AvgIpc) is 2.36. The summed E-state index contributed by atoms with van der Waals surface area (Å²) in [5.74, 6) is 7.21. The highest BCUT2D eigenvalue weighted by Gasteiger charge is 1.93. The fourth-order valence-electron chi connectivity index (χ4n) is 1.35. The summed E-state index contributed by atoms with van der Waals surface area (Å²) in [6.07, 6.45) is 0. The van der Waals surface area contributed by atoms with Gasteiger partial charge in [-0.1, -0.05) is 36.1 Å². The summed E-state index contributed by atoms with van der Waals surface area (Å²) in [6.45, 7) is 0. The first-order valence-corrected chi connectivity index (χ1v) is 6.29. The highest BCUT2D eigenvalue weighted by Crippen LogP contribution is 2.21. The van der Waals surface area contributed by atoms with Gasteiger partial charge in [0.05, 0.1) is 5.75 Å². The van der Waals surface area contributed by atoms with E-state index in [2.05, 4.69) is 11.8 Å². The smallest absolute Gasteiger partial charge is 0.116 e. The molecule has 0 bridgehead atoms. The molecule has 2 heteroatoms. The number of benzene rings is 2. The normalized spacial score (nSPS) is 9.41. The molecular weight excluding hydrogens is 228 g/mol. The fraction of sp³-hybridized carbons (Fsp3) is 0.0667. The van der Waals surface area contributed by atoms with Crippen molar-refractivity contribution in [1.29, 1.82) is 0 Å². The lowest BCUT2D eigenvalue weighted by Gasteiger charge is -1.97. The van der Waals surface area contributed by atoms with Crippen molar-refractivity contribution in [1.82, 2.24) is 0 Å². The van der Waals surface area contributed by atoms with E-state index in [0.29, 0.717) is 5.75 Å². The Morgan fingerprint density at radius 2 is 1.82 bits per heavy atom. The monoisotopic (exact) mass is 240 g/mol. The van der Waals surface area contributed by atoms with Crippen LogP contribution in [0.3, 0.4) is 0 Å². The molecule has 0 saturated carbocycles. The molecule has 0 saturated heterocycles. The third kappa shape index (κ3) is 3.90. The van der Waals surface area contributed by atoms with E-state index in [-0.39, 0.29) is 0 Å². The van der Waals surface area contributed by atoms with E-state index >= 15 is 0 Å². The molecule has 17 heavy (non-hydrogen) atoms. The first-order valence-electron chi connectivity index (χ1n) is 5.30. The molecule has 0 aromatic heterocycles. The van der Waals surface area contributed by atoms with Crippen LogP contribution in [-0.2, 0) is 0 Å². The molecule has 2 aromatic carbocycles. The molecule has 1 nitrogen and oxygen atoms in total. The van der Waals surface area contributed by atoms with Crippen LogP contribution < -0.4 is 0 Å². The number of hydrogen-bond donors (Lipinski definition) is 1. The molecule has 0 aliphatic heterocycles. The number of aromatic hydroxyl groups is 1. The Bertz CT molecular complexity index is 538. The van der Waals surface area contributed by atoms with Crippen LogP contribution in [0.4, 0.5) is 0 Å². The summed E-state index contributed by atoms with van der Waals surface area (Å²) < 4.78 is 0. The first kappa shape index (κ1) is 11.6. The van der Waals surface area contributed by atoms with Gasteiger partial charge in [-0.2, -0.15) is 0 Å². The van der Waals surface area contributed by atoms with Gasteiger partial charge in [-0.3, -0.25) is 0 Å². The molecule has 84 valence electrons. The summed E-state index contributed by atoms with van der Waals surface area (Å²) in [7, 11) is 0. The van der Waals surface area contributed by atoms with Gasteiger partial charge in [0.15, 0.2) is 0 Å². The van der Waals surface area contributed by atoms with Crippen LogP contribution in [0.5, 0.6) is 5.75 Å². The van der Waals surface area contributed by atoms with Crippen molar-refractivity contribution in [2.75, 3.05) is 5.75 Å². The SMILES string of the molecule is Oc1cccc(SCC#Cc2ccccc2)c1. The van der Waals surface area contributed by atoms with Gasteiger partial charge < -0.3 is 5.11 Å². The highest BCUT2D eigenvalue weighted by atomic mass is 32.2. The van der Waals surface area contributed by atoms with Crippen LogP contribution in [0.15, 0.2) is 59.5 Å². The summed E-state index contributed by atoms with van der Waals surface area (Å²) in [5.41, 5.74) is 1.03. The largest absolute Gasteiger partial charge is 0.508 e. The van der Waals surface area contributed by atoms with Gasteiger partial charge in [0, 0.05) is 10.5 Å². The van der Waals surface area contributed by atoms with E-state index in [9.17, 15) is 5.11 Å². The molecule has 0 aliphatic carbocycles. The molecule has 0 unspecified atom stereocenters. The number of thioether (sulfide) groups is 1. The number of rotatable bonds is 2. The second kappa shape index (κ2) is 6.03. The quantitative estimate of drug-likeness (QED) is 0.640. The zero-order valence-corrected chi connectivity index (χ0v) is 10.1. The molecule has 0 spiro atoms. The molecule has 0 heterocycles. The second-order valence-corrected chi connectivity index (χ2v) is 4.50. The molecule has 2 aromatic rings. The van der Waals surface area contributed by atoms with Crippen LogP contribution in [0.1, 0.15) is 5.56 Å². The van der Waals surface area contributed by atoms with Crippen molar-refractivity contribution in [3.05, 3.63) is 60.2 Å². The fourth-order valence-corrected chi connectivity index (χ4v) is 2.04. The minimum absolute atomic E-state index is 0.297. The third-order valence-corrected chi connectivity index (χ3v) is 3.01. The molecular formula is C15H12OS. The first-order chi connectivity index (χ1) is 8.34. The van der Waals surface area contributed by atoms with Gasteiger partial charge in [0.1, 0.15) is 5.75 Å². The molecule has 0 fully saturated rings. The van der Waals surface area contributed by atoms with Gasteiger partial charge >= 0.3 is 0 Å². The number of phenols is 1. The van der Waals surface area contributed by atoms with Crippen LogP contribution in [-0.4, -0.2) is 10.9 Å². The molecule has 1 N–H and O–H groups in total. The van der Waals surface area contributed by atoms with E-state index < -0.39 is 0 Å². The molecule has 0 aliphatic rings. The zero-order valence-electron chi connectivity index (χ0n) is 9.26. The van der Waals surface area contributed by atoms with Crippen molar-refractivity contribution >= 4 is 11.8 Å². The summed E-state index contributed by atoms with van der Waals surface area (Å²) in [4.78, 5) is 1.03. The Hall–Kier alpha value is -1.85. The summed E-state index contributed by atoms with van der Waals surface area (Å²) >= 11 is 1.62. The van der Waals surface area contributed by atoms with Gasteiger partial charge in [-0.15, -0.1) is 11.8 Å². The third-order valence-electron chi connectivity index (χ3n) is 2.14.